The second kappa shape index (κ2) is 4.42. The second-order valence-corrected chi connectivity index (χ2v) is 6.03. The zero-order valence-electron chi connectivity index (χ0n) is 10.6. The Morgan fingerprint density at radius 2 is 2.07 bits per heavy atom. The maximum Gasteiger partial charge on any atom is 0.0252 e. The van der Waals surface area contributed by atoms with Crippen molar-refractivity contribution in [3.8, 4) is 0 Å². The number of nitrogens with one attached hydrogen (secondary N) is 1. The maximum absolute atomic E-state index is 3.65. The second-order valence-electron chi connectivity index (χ2n) is 6.03. The molecule has 2 heteroatoms. The minimum Gasteiger partial charge on any atom is -0.309 e. The molecule has 88 valence electrons. The third kappa shape index (κ3) is 3.18. The van der Waals surface area contributed by atoms with E-state index in [0.717, 1.165) is 12.0 Å². The molecule has 0 aromatic carbocycles. The van der Waals surface area contributed by atoms with Crippen LogP contribution in [0, 0.1) is 5.92 Å². The van der Waals surface area contributed by atoms with Gasteiger partial charge in [-0.25, -0.2) is 0 Å². The first-order valence-electron chi connectivity index (χ1n) is 6.60. The molecule has 0 bridgehead atoms. The highest BCUT2D eigenvalue weighted by Gasteiger charge is 2.32. The molecule has 0 aromatic heterocycles. The molecule has 1 heterocycles. The molecule has 2 nitrogen and oxygen atoms in total. The van der Waals surface area contributed by atoms with E-state index >= 15 is 0 Å². The predicted octanol–water partition coefficient (Wildman–Crippen LogP) is 2.25. The van der Waals surface area contributed by atoms with Crippen molar-refractivity contribution in [2.45, 2.75) is 58.0 Å². The Hall–Kier alpha value is -0.0800. The zero-order chi connectivity index (χ0) is 10.9. The molecule has 1 saturated carbocycles. The smallest absolute Gasteiger partial charge is 0.0252 e. The molecule has 0 amide bonds. The Labute approximate surface area is 94.4 Å². The van der Waals surface area contributed by atoms with Crippen molar-refractivity contribution in [1.82, 2.24) is 10.2 Å². The number of nitrogens with zero attached hydrogens (tertiary/aromatic N) is 1. The van der Waals surface area contributed by atoms with Crippen LogP contribution >= 0.6 is 0 Å². The van der Waals surface area contributed by atoms with Gasteiger partial charge in [0.25, 0.3) is 0 Å². The van der Waals surface area contributed by atoms with Crippen LogP contribution in [0.5, 0.6) is 0 Å². The lowest BCUT2D eigenvalue weighted by molar-refractivity contribution is 0.0901. The molecule has 0 spiro atoms. The zero-order valence-corrected chi connectivity index (χ0v) is 10.6. The summed E-state index contributed by atoms with van der Waals surface area (Å²) in [4.78, 5) is 2.72. The summed E-state index contributed by atoms with van der Waals surface area (Å²) in [6.45, 7) is 10.7. The molecular weight excluding hydrogens is 184 g/mol. The van der Waals surface area contributed by atoms with Gasteiger partial charge in [-0.15, -0.1) is 0 Å². The van der Waals surface area contributed by atoms with Crippen LogP contribution in [0.3, 0.4) is 0 Å². The summed E-state index contributed by atoms with van der Waals surface area (Å²) in [6.07, 6.45) is 5.71. The number of rotatable bonds is 4. The van der Waals surface area contributed by atoms with E-state index in [1.165, 1.54) is 45.3 Å². The van der Waals surface area contributed by atoms with E-state index in [-0.39, 0.29) is 0 Å². The van der Waals surface area contributed by atoms with Gasteiger partial charge in [0, 0.05) is 24.7 Å². The fraction of sp³-hybridized carbons (Fsp3) is 1.00. The van der Waals surface area contributed by atoms with E-state index in [2.05, 4.69) is 31.0 Å². The van der Waals surface area contributed by atoms with Gasteiger partial charge in [0.2, 0.25) is 0 Å². The van der Waals surface area contributed by atoms with Gasteiger partial charge in [0.1, 0.15) is 0 Å². The summed E-state index contributed by atoms with van der Waals surface area (Å²) < 4.78 is 0. The largest absolute Gasteiger partial charge is 0.309 e. The fourth-order valence-electron chi connectivity index (χ4n) is 2.64. The lowest BCUT2D eigenvalue weighted by atomic mass is 9.97. The normalized spacial score (nSPS) is 31.8. The van der Waals surface area contributed by atoms with Crippen LogP contribution in [0.4, 0.5) is 0 Å². The van der Waals surface area contributed by atoms with Crippen LogP contribution < -0.4 is 5.32 Å². The fourth-order valence-corrected chi connectivity index (χ4v) is 2.64. The first-order valence-corrected chi connectivity index (χ1v) is 6.60. The van der Waals surface area contributed by atoms with Crippen LogP contribution in [-0.4, -0.2) is 36.1 Å². The molecule has 1 N–H and O–H groups in total. The Bertz CT molecular complexity index is 209. The Kier molecular flexibility index (Phi) is 3.36. The first-order chi connectivity index (χ1) is 7.11. The van der Waals surface area contributed by atoms with Gasteiger partial charge in [0.15, 0.2) is 0 Å². The monoisotopic (exact) mass is 210 g/mol. The van der Waals surface area contributed by atoms with Gasteiger partial charge >= 0.3 is 0 Å². The lowest BCUT2D eigenvalue weighted by Gasteiger charge is -2.44. The Balaban J connectivity index is 1.84. The molecule has 0 aromatic rings. The molecule has 1 atom stereocenters. The van der Waals surface area contributed by atoms with E-state index < -0.39 is 0 Å². The Morgan fingerprint density at radius 3 is 2.67 bits per heavy atom. The average Bonchev–Trinajstić information content (AvgIpc) is 2.97. The molecule has 15 heavy (non-hydrogen) atoms. The third-order valence-electron chi connectivity index (χ3n) is 3.92. The van der Waals surface area contributed by atoms with Gasteiger partial charge in [-0.05, 0) is 39.2 Å². The summed E-state index contributed by atoms with van der Waals surface area (Å²) in [6, 6.07) is 0.775. The topological polar surface area (TPSA) is 15.3 Å². The highest BCUT2D eigenvalue weighted by molar-refractivity contribution is 4.92. The summed E-state index contributed by atoms with van der Waals surface area (Å²) in [5, 5.41) is 3.65. The van der Waals surface area contributed by atoms with Crippen molar-refractivity contribution in [2.24, 2.45) is 5.92 Å². The van der Waals surface area contributed by atoms with E-state index in [1.54, 1.807) is 0 Å². The van der Waals surface area contributed by atoms with Crippen LogP contribution in [0.15, 0.2) is 0 Å². The maximum atomic E-state index is 3.65. The van der Waals surface area contributed by atoms with Crippen molar-refractivity contribution < 1.29 is 0 Å². The lowest BCUT2D eigenvalue weighted by Crippen LogP contribution is -2.61. The molecule has 1 unspecified atom stereocenters. The van der Waals surface area contributed by atoms with E-state index in [4.69, 9.17) is 0 Å². The van der Waals surface area contributed by atoms with Gasteiger partial charge in [-0.1, -0.05) is 19.8 Å². The summed E-state index contributed by atoms with van der Waals surface area (Å²) >= 11 is 0. The molecule has 2 rings (SSSR count). The predicted molar refractivity (Wildman–Crippen MR) is 65.1 cm³/mol. The van der Waals surface area contributed by atoms with Crippen LogP contribution in [0.2, 0.25) is 0 Å². The third-order valence-corrected chi connectivity index (χ3v) is 3.92. The summed E-state index contributed by atoms with van der Waals surface area (Å²) in [5.74, 6) is 1.07. The minimum absolute atomic E-state index is 0.315. The van der Waals surface area contributed by atoms with E-state index in [0.29, 0.717) is 5.54 Å². The first kappa shape index (κ1) is 11.4. The van der Waals surface area contributed by atoms with Crippen LogP contribution in [0.25, 0.3) is 0 Å². The average molecular weight is 210 g/mol. The van der Waals surface area contributed by atoms with E-state index in [1.807, 2.05) is 0 Å². The van der Waals surface area contributed by atoms with E-state index in [9.17, 15) is 0 Å². The van der Waals surface area contributed by atoms with Crippen molar-refractivity contribution >= 4 is 0 Å². The van der Waals surface area contributed by atoms with Crippen molar-refractivity contribution in [3.63, 3.8) is 0 Å². The standard InChI is InChI=1S/C13H26N2/c1-4-12-9-14-13(2,3)10-15(12)8-7-11-5-6-11/h11-12,14H,4-10H2,1-3H3. The molecule has 1 saturated heterocycles. The van der Waals surface area contributed by atoms with Gasteiger partial charge in [0.05, 0.1) is 0 Å². The summed E-state index contributed by atoms with van der Waals surface area (Å²) in [5.41, 5.74) is 0.315. The molecule has 2 fully saturated rings. The van der Waals surface area contributed by atoms with Gasteiger partial charge in [-0.3, -0.25) is 4.90 Å². The molecular formula is C13H26N2. The van der Waals surface area contributed by atoms with Crippen LogP contribution in [0.1, 0.15) is 46.5 Å². The molecule has 0 radical (unpaired) electrons. The highest BCUT2D eigenvalue weighted by Crippen LogP contribution is 2.33. The quantitative estimate of drug-likeness (QED) is 0.765. The highest BCUT2D eigenvalue weighted by atomic mass is 15.2. The summed E-state index contributed by atoms with van der Waals surface area (Å²) in [7, 11) is 0. The molecule has 1 aliphatic carbocycles. The van der Waals surface area contributed by atoms with Crippen molar-refractivity contribution in [3.05, 3.63) is 0 Å². The van der Waals surface area contributed by atoms with Crippen molar-refractivity contribution in [1.29, 1.82) is 0 Å². The molecule has 1 aliphatic heterocycles. The van der Waals surface area contributed by atoms with Crippen molar-refractivity contribution in [2.75, 3.05) is 19.6 Å². The van der Waals surface area contributed by atoms with Crippen LogP contribution in [-0.2, 0) is 0 Å². The SMILES string of the molecule is CCC1CNC(C)(C)CN1CCC1CC1. The van der Waals surface area contributed by atoms with Gasteiger partial charge < -0.3 is 5.32 Å². The number of piperazine rings is 1. The molecule has 2 aliphatic rings. The number of hydrogen-bond donors (Lipinski definition) is 1. The Morgan fingerprint density at radius 1 is 1.33 bits per heavy atom. The minimum atomic E-state index is 0.315. The number of hydrogen-bond acceptors (Lipinski definition) is 2. The van der Waals surface area contributed by atoms with Gasteiger partial charge in [-0.2, -0.15) is 0 Å².